The number of hydrogen-bond acceptors (Lipinski definition) is 4. The second-order valence-electron chi connectivity index (χ2n) is 6.88. The minimum absolute atomic E-state index is 0.115. The highest BCUT2D eigenvalue weighted by atomic mass is 35.5. The predicted octanol–water partition coefficient (Wildman–Crippen LogP) is 4.41. The lowest BCUT2D eigenvalue weighted by molar-refractivity contribution is 0.0710. The van der Waals surface area contributed by atoms with Crippen LogP contribution in [0.5, 0.6) is 5.75 Å². The van der Waals surface area contributed by atoms with Gasteiger partial charge < -0.3 is 14.7 Å². The molecule has 4 rings (SSSR count). The number of aromatic hydroxyl groups is 1. The molecule has 1 amide bonds. The molecule has 0 spiro atoms. The molecule has 1 atom stereocenters. The van der Waals surface area contributed by atoms with Crippen LogP contribution in [0.4, 0.5) is 0 Å². The molecule has 2 aromatic carbocycles. The minimum atomic E-state index is -0.341. The molecule has 1 aliphatic rings. The van der Waals surface area contributed by atoms with E-state index in [-0.39, 0.29) is 17.7 Å². The molecule has 0 saturated carbocycles. The zero-order valence-electron chi connectivity index (χ0n) is 16.1. The maximum absolute atomic E-state index is 13.2. The zero-order chi connectivity index (χ0) is 20.4. The van der Waals surface area contributed by atoms with Crippen molar-refractivity contribution in [1.29, 1.82) is 0 Å². The standard InChI is InChI=1S/C22H22ClN3O3/c1-2-29-12-6-11-26-21(14-7-5-8-15(23)13-14)18-19(24-25-20(18)22(26)28)16-9-3-4-10-17(16)27/h3-5,7-10,13,21,27H,2,6,11-12H2,1H3,(H,24,25)/t21-/m0/s1. The van der Waals surface area contributed by atoms with Gasteiger partial charge in [-0.25, -0.2) is 0 Å². The van der Waals surface area contributed by atoms with Gasteiger partial charge in [0.2, 0.25) is 0 Å². The van der Waals surface area contributed by atoms with Gasteiger partial charge in [0.05, 0.1) is 6.04 Å². The Labute approximate surface area is 174 Å². The van der Waals surface area contributed by atoms with Gasteiger partial charge >= 0.3 is 0 Å². The third-order valence-corrected chi connectivity index (χ3v) is 5.31. The van der Waals surface area contributed by atoms with E-state index in [9.17, 15) is 9.90 Å². The smallest absolute Gasteiger partial charge is 0.273 e. The molecule has 7 heteroatoms. The number of aromatic amines is 1. The number of ether oxygens (including phenoxy) is 1. The zero-order valence-corrected chi connectivity index (χ0v) is 16.8. The van der Waals surface area contributed by atoms with Crippen molar-refractivity contribution in [3.8, 4) is 17.0 Å². The van der Waals surface area contributed by atoms with Crippen LogP contribution in [0.1, 0.15) is 41.0 Å². The van der Waals surface area contributed by atoms with Crippen molar-refractivity contribution in [2.24, 2.45) is 0 Å². The molecule has 6 nitrogen and oxygen atoms in total. The van der Waals surface area contributed by atoms with E-state index in [2.05, 4.69) is 10.2 Å². The van der Waals surface area contributed by atoms with Crippen molar-refractivity contribution in [2.45, 2.75) is 19.4 Å². The number of carbonyl (C=O) groups excluding carboxylic acids is 1. The number of fused-ring (bicyclic) bond motifs is 1. The molecule has 1 aliphatic heterocycles. The first-order valence-corrected chi connectivity index (χ1v) is 10.0. The van der Waals surface area contributed by atoms with Crippen molar-refractivity contribution >= 4 is 17.5 Å². The largest absolute Gasteiger partial charge is 0.507 e. The first-order valence-electron chi connectivity index (χ1n) is 9.62. The van der Waals surface area contributed by atoms with Gasteiger partial charge in [0.25, 0.3) is 5.91 Å². The summed E-state index contributed by atoms with van der Waals surface area (Å²) >= 11 is 6.25. The van der Waals surface area contributed by atoms with Crippen LogP contribution in [0.3, 0.4) is 0 Å². The lowest BCUT2D eigenvalue weighted by atomic mass is 9.95. The fourth-order valence-electron chi connectivity index (χ4n) is 3.81. The SMILES string of the molecule is CCOCCCN1C(=O)c2[nH]nc(-c3ccccc3O)c2[C@@H]1c1cccc(Cl)c1. The number of H-pyrrole nitrogens is 1. The van der Waals surface area contributed by atoms with Crippen LogP contribution in [-0.2, 0) is 4.74 Å². The Kier molecular flexibility index (Phi) is 5.56. The molecule has 29 heavy (non-hydrogen) atoms. The molecule has 0 bridgehead atoms. The third kappa shape index (κ3) is 3.61. The predicted molar refractivity (Wildman–Crippen MR) is 111 cm³/mol. The number of rotatable bonds is 7. The van der Waals surface area contributed by atoms with Gasteiger partial charge in [-0.15, -0.1) is 0 Å². The summed E-state index contributed by atoms with van der Waals surface area (Å²) in [4.78, 5) is 15.0. The molecule has 2 N–H and O–H groups in total. The quantitative estimate of drug-likeness (QED) is 0.564. The highest BCUT2D eigenvalue weighted by molar-refractivity contribution is 6.30. The number of hydrogen-bond donors (Lipinski definition) is 2. The Hall–Kier alpha value is -2.83. The van der Waals surface area contributed by atoms with Gasteiger partial charge in [-0.05, 0) is 43.2 Å². The van der Waals surface area contributed by atoms with E-state index in [1.54, 1.807) is 18.2 Å². The number of phenols is 1. The van der Waals surface area contributed by atoms with Gasteiger partial charge in [0.15, 0.2) is 0 Å². The maximum atomic E-state index is 13.2. The summed E-state index contributed by atoms with van der Waals surface area (Å²) in [5, 5.41) is 18.2. The second-order valence-corrected chi connectivity index (χ2v) is 7.32. The minimum Gasteiger partial charge on any atom is -0.507 e. The molecule has 3 aromatic rings. The summed E-state index contributed by atoms with van der Waals surface area (Å²) in [6.45, 7) is 3.72. The summed E-state index contributed by atoms with van der Waals surface area (Å²) in [6, 6.07) is 14.2. The molecular formula is C22H22ClN3O3. The van der Waals surface area contributed by atoms with E-state index in [4.69, 9.17) is 16.3 Å². The fourth-order valence-corrected chi connectivity index (χ4v) is 4.01. The molecule has 0 aliphatic carbocycles. The monoisotopic (exact) mass is 411 g/mol. The van der Waals surface area contributed by atoms with Crippen LogP contribution >= 0.6 is 11.6 Å². The Bertz CT molecular complexity index is 1030. The summed E-state index contributed by atoms with van der Waals surface area (Å²) in [5.41, 5.74) is 3.27. The average molecular weight is 412 g/mol. The molecule has 0 radical (unpaired) electrons. The molecule has 2 heterocycles. The number of benzene rings is 2. The number of nitrogens with one attached hydrogen (secondary N) is 1. The van der Waals surface area contributed by atoms with Crippen molar-refractivity contribution in [2.75, 3.05) is 19.8 Å². The van der Waals surface area contributed by atoms with E-state index in [0.717, 1.165) is 17.5 Å². The normalized spacial score (nSPS) is 15.7. The average Bonchev–Trinajstić information content (AvgIpc) is 3.25. The molecule has 0 saturated heterocycles. The summed E-state index contributed by atoms with van der Waals surface area (Å²) in [6.07, 6.45) is 0.722. The number of carbonyl (C=O) groups is 1. The van der Waals surface area contributed by atoms with Crippen molar-refractivity contribution < 1.29 is 14.6 Å². The van der Waals surface area contributed by atoms with Crippen LogP contribution in [0.15, 0.2) is 48.5 Å². The molecule has 0 fully saturated rings. The van der Waals surface area contributed by atoms with E-state index in [1.165, 1.54) is 0 Å². The molecule has 0 unspecified atom stereocenters. The first-order chi connectivity index (χ1) is 14.1. The van der Waals surface area contributed by atoms with E-state index in [0.29, 0.717) is 41.7 Å². The number of aromatic nitrogens is 2. The van der Waals surface area contributed by atoms with Gasteiger partial charge in [-0.1, -0.05) is 35.9 Å². The molecule has 1 aromatic heterocycles. The summed E-state index contributed by atoms with van der Waals surface area (Å²) in [5.74, 6) is 0.00420. The van der Waals surface area contributed by atoms with E-state index in [1.807, 2.05) is 42.2 Å². The topological polar surface area (TPSA) is 78.5 Å². The van der Waals surface area contributed by atoms with Crippen LogP contribution in [-0.4, -0.2) is 45.9 Å². The Balaban J connectivity index is 1.79. The van der Waals surface area contributed by atoms with Gasteiger partial charge in [0.1, 0.15) is 17.1 Å². The van der Waals surface area contributed by atoms with E-state index < -0.39 is 0 Å². The van der Waals surface area contributed by atoms with Crippen LogP contribution in [0, 0.1) is 0 Å². The highest BCUT2D eigenvalue weighted by Crippen LogP contribution is 2.44. The van der Waals surface area contributed by atoms with Crippen molar-refractivity contribution in [1.82, 2.24) is 15.1 Å². The number of nitrogens with zero attached hydrogens (tertiary/aromatic N) is 2. The van der Waals surface area contributed by atoms with E-state index >= 15 is 0 Å². The van der Waals surface area contributed by atoms with Crippen LogP contribution in [0.25, 0.3) is 11.3 Å². The maximum Gasteiger partial charge on any atom is 0.273 e. The fraction of sp³-hybridized carbons (Fsp3) is 0.273. The van der Waals surface area contributed by atoms with Crippen LogP contribution in [0.2, 0.25) is 5.02 Å². The second kappa shape index (κ2) is 8.27. The van der Waals surface area contributed by atoms with Gasteiger partial charge in [0, 0.05) is 35.9 Å². The Morgan fingerprint density at radius 3 is 2.83 bits per heavy atom. The highest BCUT2D eigenvalue weighted by Gasteiger charge is 2.42. The Morgan fingerprint density at radius 2 is 2.07 bits per heavy atom. The molecular weight excluding hydrogens is 390 g/mol. The van der Waals surface area contributed by atoms with Crippen molar-refractivity contribution in [3.63, 3.8) is 0 Å². The first kappa shape index (κ1) is 19.5. The number of phenolic OH excluding ortho intramolecular Hbond substituents is 1. The lowest BCUT2D eigenvalue weighted by Crippen LogP contribution is -2.31. The summed E-state index contributed by atoms with van der Waals surface area (Å²) < 4.78 is 5.44. The van der Waals surface area contributed by atoms with Gasteiger partial charge in [-0.3, -0.25) is 9.89 Å². The molecule has 150 valence electrons. The number of halogens is 1. The van der Waals surface area contributed by atoms with Gasteiger partial charge in [-0.2, -0.15) is 5.10 Å². The third-order valence-electron chi connectivity index (χ3n) is 5.08. The number of amides is 1. The van der Waals surface area contributed by atoms with Crippen LogP contribution < -0.4 is 0 Å². The Morgan fingerprint density at radius 1 is 1.24 bits per heavy atom. The van der Waals surface area contributed by atoms with Crippen molar-refractivity contribution in [3.05, 3.63) is 70.4 Å². The summed E-state index contributed by atoms with van der Waals surface area (Å²) in [7, 11) is 0. The lowest BCUT2D eigenvalue weighted by Gasteiger charge is -2.26. The number of para-hydroxylation sites is 1.